The monoisotopic (exact) mass is 557 g/mol. The predicted octanol–water partition coefficient (Wildman–Crippen LogP) is 5.03. The standard InChI is InChI=1S/C26H24FN3O6S2/c1-25(2,3)36-21(31)15-35-19-12-8-17(9-13-19)26(16-6-10-18(27)11-7-16)22(23(32)29-26)37-38-24-20(30(33)34)5-4-14-28-24/h4-14,22H,15H2,1-3H3,(H,29,32)/t22-,26-/m0/s1. The van der Waals surface area contributed by atoms with Crippen LogP contribution in [-0.4, -0.2) is 39.2 Å². The number of aromatic nitrogens is 1. The minimum absolute atomic E-state index is 0.163. The Bertz CT molecular complexity index is 1350. The lowest BCUT2D eigenvalue weighted by atomic mass is 9.74. The van der Waals surface area contributed by atoms with Gasteiger partial charge in [-0.05, 0) is 73.0 Å². The van der Waals surface area contributed by atoms with Crippen LogP contribution < -0.4 is 10.1 Å². The van der Waals surface area contributed by atoms with E-state index in [-0.39, 0.29) is 23.2 Å². The van der Waals surface area contributed by atoms with E-state index in [1.54, 1.807) is 57.2 Å². The summed E-state index contributed by atoms with van der Waals surface area (Å²) in [5.74, 6) is -0.797. The first kappa shape index (κ1) is 27.4. The fourth-order valence-corrected chi connectivity index (χ4v) is 6.68. The lowest BCUT2D eigenvalue weighted by Crippen LogP contribution is -2.69. The Morgan fingerprint density at radius 2 is 1.76 bits per heavy atom. The summed E-state index contributed by atoms with van der Waals surface area (Å²) < 4.78 is 24.5. The van der Waals surface area contributed by atoms with E-state index in [1.165, 1.54) is 30.5 Å². The molecule has 3 aromatic rings. The van der Waals surface area contributed by atoms with Crippen molar-refractivity contribution in [2.24, 2.45) is 0 Å². The number of hydrogen-bond donors (Lipinski definition) is 1. The van der Waals surface area contributed by atoms with Gasteiger partial charge in [0.2, 0.25) is 5.91 Å². The van der Waals surface area contributed by atoms with Gasteiger partial charge in [-0.2, -0.15) is 0 Å². The van der Waals surface area contributed by atoms with Gasteiger partial charge in [-0.15, -0.1) is 0 Å². The van der Waals surface area contributed by atoms with Crippen molar-refractivity contribution in [1.82, 2.24) is 10.3 Å². The van der Waals surface area contributed by atoms with Gasteiger partial charge in [-0.3, -0.25) is 14.9 Å². The molecule has 0 unspecified atom stereocenters. The molecule has 0 bridgehead atoms. The quantitative estimate of drug-likeness (QED) is 0.127. The van der Waals surface area contributed by atoms with Crippen molar-refractivity contribution < 1.29 is 28.4 Å². The zero-order chi connectivity index (χ0) is 27.5. The summed E-state index contributed by atoms with van der Waals surface area (Å²) in [6.45, 7) is 5.02. The number of rotatable bonds is 9. The maximum absolute atomic E-state index is 13.7. The minimum Gasteiger partial charge on any atom is -0.482 e. The number of nitro groups is 1. The highest BCUT2D eigenvalue weighted by Gasteiger charge is 2.56. The Morgan fingerprint density at radius 1 is 1.13 bits per heavy atom. The number of benzene rings is 2. The highest BCUT2D eigenvalue weighted by atomic mass is 33.1. The number of amides is 1. The largest absolute Gasteiger partial charge is 0.482 e. The number of carbonyl (C=O) groups excluding carboxylic acids is 2. The van der Waals surface area contributed by atoms with E-state index < -0.39 is 33.1 Å². The number of pyridine rings is 1. The number of carbonyl (C=O) groups is 2. The van der Waals surface area contributed by atoms with E-state index in [0.717, 1.165) is 21.6 Å². The molecule has 38 heavy (non-hydrogen) atoms. The van der Waals surface area contributed by atoms with Gasteiger partial charge < -0.3 is 14.8 Å². The summed E-state index contributed by atoms with van der Waals surface area (Å²) in [6.07, 6.45) is 1.44. The Hall–Kier alpha value is -3.64. The molecular weight excluding hydrogens is 533 g/mol. The number of halogens is 1. The van der Waals surface area contributed by atoms with Gasteiger partial charge in [0.25, 0.3) is 0 Å². The summed E-state index contributed by atoms with van der Waals surface area (Å²) >= 11 is 0. The third kappa shape index (κ3) is 5.91. The molecule has 1 fully saturated rings. The molecule has 2 heterocycles. The highest BCUT2D eigenvalue weighted by Crippen LogP contribution is 2.51. The fourth-order valence-electron chi connectivity index (χ4n) is 3.89. The van der Waals surface area contributed by atoms with Crippen LogP contribution in [0.4, 0.5) is 10.1 Å². The molecule has 1 N–H and O–H groups in total. The van der Waals surface area contributed by atoms with Crippen molar-refractivity contribution in [3.05, 3.63) is 93.9 Å². The number of β-lactam (4-membered cyclic amide) rings is 1. The first-order chi connectivity index (χ1) is 18.0. The van der Waals surface area contributed by atoms with Crippen LogP contribution in [0.1, 0.15) is 31.9 Å². The van der Waals surface area contributed by atoms with Gasteiger partial charge in [0.1, 0.15) is 28.0 Å². The molecule has 4 rings (SSSR count). The summed E-state index contributed by atoms with van der Waals surface area (Å²) in [4.78, 5) is 39.8. The van der Waals surface area contributed by atoms with E-state index in [0.29, 0.717) is 16.9 Å². The molecule has 0 radical (unpaired) electrons. The second kappa shape index (κ2) is 11.0. The third-order valence-electron chi connectivity index (χ3n) is 5.51. The number of nitrogens with zero attached hydrogens (tertiary/aromatic N) is 2. The molecule has 198 valence electrons. The van der Waals surface area contributed by atoms with Crippen LogP contribution in [0.3, 0.4) is 0 Å². The normalized spacial score (nSPS) is 18.7. The lowest BCUT2D eigenvalue weighted by Gasteiger charge is -2.49. The van der Waals surface area contributed by atoms with Crippen LogP contribution in [0.25, 0.3) is 0 Å². The molecule has 0 spiro atoms. The topological polar surface area (TPSA) is 121 Å². The maximum Gasteiger partial charge on any atom is 0.344 e. The molecule has 9 nitrogen and oxygen atoms in total. The van der Waals surface area contributed by atoms with Gasteiger partial charge in [0.15, 0.2) is 11.6 Å². The molecule has 1 aliphatic heterocycles. The van der Waals surface area contributed by atoms with Crippen LogP contribution in [0.5, 0.6) is 5.75 Å². The van der Waals surface area contributed by atoms with Crippen molar-refractivity contribution in [1.29, 1.82) is 0 Å². The fraction of sp³-hybridized carbons (Fsp3) is 0.269. The number of nitrogens with one attached hydrogen (secondary N) is 1. The van der Waals surface area contributed by atoms with Crippen molar-refractivity contribution >= 4 is 39.2 Å². The smallest absolute Gasteiger partial charge is 0.344 e. The van der Waals surface area contributed by atoms with Crippen LogP contribution in [0, 0.1) is 15.9 Å². The first-order valence-corrected chi connectivity index (χ1v) is 13.7. The van der Waals surface area contributed by atoms with Crippen molar-refractivity contribution in [3.8, 4) is 5.75 Å². The number of esters is 1. The molecule has 2 aromatic carbocycles. The van der Waals surface area contributed by atoms with Crippen molar-refractivity contribution in [3.63, 3.8) is 0 Å². The molecule has 1 aromatic heterocycles. The van der Waals surface area contributed by atoms with E-state index in [9.17, 15) is 24.1 Å². The second-order valence-corrected chi connectivity index (χ2v) is 11.6. The molecule has 1 saturated heterocycles. The maximum atomic E-state index is 13.7. The van der Waals surface area contributed by atoms with Crippen LogP contribution in [-0.2, 0) is 19.9 Å². The van der Waals surface area contributed by atoms with E-state index in [1.807, 2.05) is 0 Å². The lowest BCUT2D eigenvalue weighted by molar-refractivity contribution is -0.388. The SMILES string of the molecule is CC(C)(C)OC(=O)COc1ccc([C@]2(c3ccc(F)cc3)NC(=O)[C@@H]2SSc2ncccc2[N+](=O)[O-])cc1. The Kier molecular flexibility index (Phi) is 7.93. The second-order valence-electron chi connectivity index (χ2n) is 9.35. The molecular formula is C26H24FN3O6S2. The average molecular weight is 558 g/mol. The van der Waals surface area contributed by atoms with E-state index >= 15 is 0 Å². The van der Waals surface area contributed by atoms with Crippen LogP contribution >= 0.6 is 21.6 Å². The minimum atomic E-state index is -1.05. The molecule has 0 saturated carbocycles. The van der Waals surface area contributed by atoms with Gasteiger partial charge in [-0.25, -0.2) is 14.2 Å². The summed E-state index contributed by atoms with van der Waals surface area (Å²) in [5.41, 5.74) is -0.523. The number of ether oxygens (including phenoxy) is 2. The zero-order valence-corrected chi connectivity index (χ0v) is 22.3. The van der Waals surface area contributed by atoms with Crippen molar-refractivity contribution in [2.45, 2.75) is 42.2 Å². The summed E-state index contributed by atoms with van der Waals surface area (Å²) in [7, 11) is 2.16. The Balaban J connectivity index is 1.60. The Labute approximate surface area is 226 Å². The molecule has 1 amide bonds. The summed E-state index contributed by atoms with van der Waals surface area (Å²) in [6, 6.07) is 15.4. The van der Waals surface area contributed by atoms with Gasteiger partial charge in [-0.1, -0.05) is 35.1 Å². The average Bonchev–Trinajstić information content (AvgIpc) is 2.86. The van der Waals surface area contributed by atoms with Crippen LogP contribution in [0.2, 0.25) is 0 Å². The molecule has 2 atom stereocenters. The summed E-state index contributed by atoms with van der Waals surface area (Å²) in [5, 5.41) is 13.8. The zero-order valence-electron chi connectivity index (χ0n) is 20.7. The third-order valence-corrected chi connectivity index (χ3v) is 8.18. The van der Waals surface area contributed by atoms with E-state index in [2.05, 4.69) is 10.3 Å². The molecule has 1 aliphatic rings. The van der Waals surface area contributed by atoms with Crippen molar-refractivity contribution in [2.75, 3.05) is 6.61 Å². The van der Waals surface area contributed by atoms with Gasteiger partial charge in [0.05, 0.1) is 4.92 Å². The Morgan fingerprint density at radius 3 is 2.34 bits per heavy atom. The van der Waals surface area contributed by atoms with Crippen LogP contribution in [0.15, 0.2) is 71.9 Å². The molecule has 0 aliphatic carbocycles. The number of hydrogen-bond acceptors (Lipinski definition) is 9. The molecule has 12 heteroatoms. The van der Waals surface area contributed by atoms with E-state index in [4.69, 9.17) is 9.47 Å². The first-order valence-electron chi connectivity index (χ1n) is 11.5. The highest BCUT2D eigenvalue weighted by molar-refractivity contribution is 8.77. The van der Waals surface area contributed by atoms with Gasteiger partial charge in [0, 0.05) is 12.3 Å². The predicted molar refractivity (Wildman–Crippen MR) is 141 cm³/mol. The van der Waals surface area contributed by atoms with Gasteiger partial charge >= 0.3 is 11.7 Å².